The van der Waals surface area contributed by atoms with Gasteiger partial charge in [-0.1, -0.05) is 26.2 Å². The lowest BCUT2D eigenvalue weighted by atomic mass is 9.92. The highest BCUT2D eigenvalue weighted by Gasteiger charge is 2.35. The number of likely N-dealkylation sites (tertiary alicyclic amines) is 1. The second kappa shape index (κ2) is 8.29. The molecule has 1 aliphatic rings. The second-order valence-corrected chi connectivity index (χ2v) is 6.13. The SMILES string of the molecule is CCCCC(c1cc(F)ccc1OC)N1CCCCC1C(=O)O. The van der Waals surface area contributed by atoms with Gasteiger partial charge in [0.25, 0.3) is 0 Å². The van der Waals surface area contributed by atoms with Crippen LogP contribution in [0.3, 0.4) is 0 Å². The van der Waals surface area contributed by atoms with Gasteiger partial charge in [0, 0.05) is 11.6 Å². The molecular formula is C18H26FNO3. The van der Waals surface area contributed by atoms with Gasteiger partial charge in [-0.2, -0.15) is 0 Å². The average molecular weight is 323 g/mol. The van der Waals surface area contributed by atoms with Crippen LogP contribution >= 0.6 is 0 Å². The molecule has 1 aromatic rings. The Kier molecular flexibility index (Phi) is 6.39. The zero-order chi connectivity index (χ0) is 16.8. The van der Waals surface area contributed by atoms with E-state index in [2.05, 4.69) is 6.92 Å². The highest BCUT2D eigenvalue weighted by atomic mass is 19.1. The van der Waals surface area contributed by atoms with Gasteiger partial charge >= 0.3 is 5.97 Å². The van der Waals surface area contributed by atoms with Crippen LogP contribution in [0.1, 0.15) is 57.1 Å². The molecule has 0 saturated carbocycles. The normalized spacial score (nSPS) is 20.2. The number of carbonyl (C=O) groups is 1. The van der Waals surface area contributed by atoms with Gasteiger partial charge in [-0.25, -0.2) is 4.39 Å². The first-order valence-electron chi connectivity index (χ1n) is 8.40. The Morgan fingerprint density at radius 1 is 1.48 bits per heavy atom. The number of unbranched alkanes of at least 4 members (excludes halogenated alkanes) is 1. The van der Waals surface area contributed by atoms with Crippen molar-refractivity contribution in [2.24, 2.45) is 0 Å². The van der Waals surface area contributed by atoms with Crippen molar-refractivity contribution in [3.63, 3.8) is 0 Å². The van der Waals surface area contributed by atoms with Crippen LogP contribution in [0.25, 0.3) is 0 Å². The number of carboxylic acid groups (broad SMARTS) is 1. The number of ether oxygens (including phenoxy) is 1. The molecule has 0 radical (unpaired) electrons. The molecule has 5 heteroatoms. The molecule has 0 aliphatic carbocycles. The van der Waals surface area contributed by atoms with E-state index in [-0.39, 0.29) is 11.9 Å². The molecule has 2 atom stereocenters. The maximum Gasteiger partial charge on any atom is 0.320 e. The van der Waals surface area contributed by atoms with Crippen LogP contribution in [-0.4, -0.2) is 35.7 Å². The number of carboxylic acids is 1. The predicted molar refractivity (Wildman–Crippen MR) is 87.2 cm³/mol. The van der Waals surface area contributed by atoms with Gasteiger partial charge in [0.2, 0.25) is 0 Å². The minimum absolute atomic E-state index is 0.123. The van der Waals surface area contributed by atoms with E-state index < -0.39 is 12.0 Å². The van der Waals surface area contributed by atoms with Crippen LogP contribution in [0, 0.1) is 5.82 Å². The highest BCUT2D eigenvalue weighted by molar-refractivity contribution is 5.73. The molecule has 23 heavy (non-hydrogen) atoms. The Bertz CT molecular complexity index is 535. The summed E-state index contributed by atoms with van der Waals surface area (Å²) < 4.78 is 19.2. The molecule has 128 valence electrons. The van der Waals surface area contributed by atoms with Crippen molar-refractivity contribution in [2.45, 2.75) is 57.5 Å². The Labute approximate surface area is 137 Å². The molecular weight excluding hydrogens is 297 g/mol. The quantitative estimate of drug-likeness (QED) is 0.824. The zero-order valence-corrected chi connectivity index (χ0v) is 13.9. The third kappa shape index (κ3) is 4.22. The molecule has 4 nitrogen and oxygen atoms in total. The number of aliphatic carboxylic acids is 1. The van der Waals surface area contributed by atoms with Gasteiger partial charge in [0.15, 0.2) is 0 Å². The molecule has 0 bridgehead atoms. The predicted octanol–water partition coefficient (Wildman–Crippen LogP) is 4.00. The third-order valence-corrected chi connectivity index (χ3v) is 4.61. The van der Waals surface area contributed by atoms with Crippen molar-refractivity contribution in [3.8, 4) is 5.75 Å². The summed E-state index contributed by atoms with van der Waals surface area (Å²) in [5.41, 5.74) is 0.758. The van der Waals surface area contributed by atoms with Crippen molar-refractivity contribution >= 4 is 5.97 Å². The van der Waals surface area contributed by atoms with Crippen molar-refractivity contribution in [3.05, 3.63) is 29.6 Å². The summed E-state index contributed by atoms with van der Waals surface area (Å²) in [5.74, 6) is -0.477. The molecule has 1 N–H and O–H groups in total. The van der Waals surface area contributed by atoms with Crippen LogP contribution in [0.5, 0.6) is 5.75 Å². The van der Waals surface area contributed by atoms with Gasteiger partial charge in [-0.15, -0.1) is 0 Å². The maximum absolute atomic E-state index is 13.8. The molecule has 1 heterocycles. The summed E-state index contributed by atoms with van der Waals surface area (Å²) in [6.07, 6.45) is 5.33. The Balaban J connectivity index is 2.39. The fourth-order valence-electron chi connectivity index (χ4n) is 3.46. The lowest BCUT2D eigenvalue weighted by Gasteiger charge is -2.40. The summed E-state index contributed by atoms with van der Waals surface area (Å²) in [7, 11) is 1.57. The summed E-state index contributed by atoms with van der Waals surface area (Å²) in [5, 5.41) is 9.56. The van der Waals surface area contributed by atoms with Gasteiger partial charge in [-0.3, -0.25) is 9.69 Å². The molecule has 0 aromatic heterocycles. The summed E-state index contributed by atoms with van der Waals surface area (Å²) in [4.78, 5) is 13.7. The molecule has 1 aromatic carbocycles. The zero-order valence-electron chi connectivity index (χ0n) is 13.9. The van der Waals surface area contributed by atoms with E-state index in [4.69, 9.17) is 4.74 Å². The first-order chi connectivity index (χ1) is 11.1. The lowest BCUT2D eigenvalue weighted by Crippen LogP contribution is -2.46. The standard InChI is InChI=1S/C18H26FNO3/c1-3-4-7-15(14-12-13(19)9-10-17(14)23-2)20-11-6-5-8-16(20)18(21)22/h9-10,12,15-16H,3-8,11H2,1-2H3,(H,21,22). The number of piperidine rings is 1. The Hall–Kier alpha value is -1.62. The van der Waals surface area contributed by atoms with Crippen LogP contribution in [-0.2, 0) is 4.79 Å². The minimum atomic E-state index is -0.790. The van der Waals surface area contributed by atoms with Gasteiger partial charge in [-0.05, 0) is 44.0 Å². The highest BCUT2D eigenvalue weighted by Crippen LogP contribution is 2.37. The van der Waals surface area contributed by atoms with Crippen LogP contribution in [0.4, 0.5) is 4.39 Å². The van der Waals surface area contributed by atoms with Gasteiger partial charge in [0.05, 0.1) is 7.11 Å². The number of rotatable bonds is 7. The van der Waals surface area contributed by atoms with Crippen LogP contribution < -0.4 is 4.74 Å². The van der Waals surface area contributed by atoms with Gasteiger partial charge in [0.1, 0.15) is 17.6 Å². The van der Waals surface area contributed by atoms with E-state index in [1.165, 1.54) is 12.1 Å². The van der Waals surface area contributed by atoms with Crippen molar-refractivity contribution < 1.29 is 19.0 Å². The van der Waals surface area contributed by atoms with E-state index in [1.54, 1.807) is 13.2 Å². The number of nitrogens with zero attached hydrogens (tertiary/aromatic N) is 1. The van der Waals surface area contributed by atoms with Crippen molar-refractivity contribution in [1.82, 2.24) is 4.90 Å². The number of hydrogen-bond acceptors (Lipinski definition) is 3. The maximum atomic E-state index is 13.8. The molecule has 0 amide bonds. The topological polar surface area (TPSA) is 49.8 Å². The second-order valence-electron chi connectivity index (χ2n) is 6.13. The molecule has 0 spiro atoms. The van der Waals surface area contributed by atoms with Crippen LogP contribution in [0.2, 0.25) is 0 Å². The van der Waals surface area contributed by atoms with E-state index in [0.717, 1.165) is 44.2 Å². The number of benzene rings is 1. The Morgan fingerprint density at radius 2 is 2.26 bits per heavy atom. The first kappa shape index (κ1) is 17.7. The molecule has 1 aliphatic heterocycles. The fraction of sp³-hybridized carbons (Fsp3) is 0.611. The smallest absolute Gasteiger partial charge is 0.320 e. The third-order valence-electron chi connectivity index (χ3n) is 4.61. The van der Waals surface area contributed by atoms with E-state index in [9.17, 15) is 14.3 Å². The fourth-order valence-corrected chi connectivity index (χ4v) is 3.46. The molecule has 1 fully saturated rings. The van der Waals surface area contributed by atoms with Gasteiger partial charge < -0.3 is 9.84 Å². The van der Waals surface area contributed by atoms with Crippen LogP contribution in [0.15, 0.2) is 18.2 Å². The summed E-state index contributed by atoms with van der Waals surface area (Å²) >= 11 is 0. The first-order valence-corrected chi connectivity index (χ1v) is 8.40. The molecule has 2 rings (SSSR count). The lowest BCUT2D eigenvalue weighted by molar-refractivity contribution is -0.146. The van der Waals surface area contributed by atoms with Crippen molar-refractivity contribution in [1.29, 1.82) is 0 Å². The number of methoxy groups -OCH3 is 1. The van der Waals surface area contributed by atoms with E-state index >= 15 is 0 Å². The monoisotopic (exact) mass is 323 g/mol. The molecule has 1 saturated heterocycles. The number of halogens is 1. The molecule has 2 unspecified atom stereocenters. The number of hydrogen-bond donors (Lipinski definition) is 1. The summed E-state index contributed by atoms with van der Waals surface area (Å²) in [6, 6.07) is 3.88. The van der Waals surface area contributed by atoms with E-state index in [0.29, 0.717) is 12.2 Å². The minimum Gasteiger partial charge on any atom is -0.496 e. The summed E-state index contributed by atoms with van der Waals surface area (Å²) in [6.45, 7) is 2.83. The van der Waals surface area contributed by atoms with Crippen molar-refractivity contribution in [2.75, 3.05) is 13.7 Å². The average Bonchev–Trinajstić information content (AvgIpc) is 2.55. The largest absolute Gasteiger partial charge is 0.496 e. The van der Waals surface area contributed by atoms with E-state index in [1.807, 2.05) is 4.90 Å². The Morgan fingerprint density at radius 3 is 2.91 bits per heavy atom.